The van der Waals surface area contributed by atoms with Crippen LogP contribution in [-0.4, -0.2) is 63.2 Å². The molecule has 0 bridgehead atoms. The smallest absolute Gasteiger partial charge is 0.257 e. The summed E-state index contributed by atoms with van der Waals surface area (Å²) in [6, 6.07) is 6.38. The lowest BCUT2D eigenvalue weighted by Crippen LogP contribution is -3.12. The van der Waals surface area contributed by atoms with E-state index in [2.05, 4.69) is 17.8 Å². The number of methoxy groups -OCH3 is 1. The minimum atomic E-state index is -0.607. The van der Waals surface area contributed by atoms with Gasteiger partial charge < -0.3 is 15.0 Å². The van der Waals surface area contributed by atoms with Crippen LogP contribution < -0.4 is 20.4 Å². The molecular formula is C18H29N4O3+. The summed E-state index contributed by atoms with van der Waals surface area (Å²) in [5.41, 5.74) is 3.36. The monoisotopic (exact) mass is 349 g/mol. The van der Waals surface area contributed by atoms with E-state index in [0.29, 0.717) is 11.3 Å². The van der Waals surface area contributed by atoms with E-state index in [1.807, 2.05) is 18.9 Å². The van der Waals surface area contributed by atoms with Crippen LogP contribution in [0.4, 0.5) is 0 Å². The molecule has 1 atom stereocenters. The zero-order valence-corrected chi connectivity index (χ0v) is 15.5. The average molecular weight is 349 g/mol. The third-order valence-corrected chi connectivity index (χ3v) is 4.47. The fourth-order valence-electron chi connectivity index (χ4n) is 2.81. The highest BCUT2D eigenvalue weighted by Crippen LogP contribution is 2.17. The topological polar surface area (TPSA) is 75.1 Å². The molecule has 7 nitrogen and oxygen atoms in total. The van der Waals surface area contributed by atoms with Crippen molar-refractivity contribution in [3.05, 3.63) is 29.8 Å². The zero-order valence-electron chi connectivity index (χ0n) is 15.5. The predicted octanol–water partition coefficient (Wildman–Crippen LogP) is -0.689. The lowest BCUT2D eigenvalue weighted by Gasteiger charge is -2.32. The van der Waals surface area contributed by atoms with Gasteiger partial charge in [-0.25, -0.2) is 5.01 Å². The molecule has 2 amide bonds. The summed E-state index contributed by atoms with van der Waals surface area (Å²) in [6.07, 6.45) is 0. The molecule has 1 saturated heterocycles. The molecule has 1 heterocycles. The summed E-state index contributed by atoms with van der Waals surface area (Å²) in [7, 11) is 3.66. The first-order chi connectivity index (χ1) is 11.9. The number of hydrazine groups is 1. The van der Waals surface area contributed by atoms with Crippen LogP contribution in [0, 0.1) is 5.92 Å². The second kappa shape index (κ2) is 8.82. The van der Waals surface area contributed by atoms with Gasteiger partial charge in [-0.2, -0.15) is 0 Å². The minimum Gasteiger partial charge on any atom is -0.496 e. The van der Waals surface area contributed by atoms with Gasteiger partial charge in [0.15, 0.2) is 0 Å². The third kappa shape index (κ3) is 5.17. The molecule has 1 aromatic carbocycles. The Morgan fingerprint density at radius 2 is 1.84 bits per heavy atom. The summed E-state index contributed by atoms with van der Waals surface area (Å²) in [5.74, 6) is -0.0337. The maximum absolute atomic E-state index is 12.7. The van der Waals surface area contributed by atoms with Crippen molar-refractivity contribution >= 4 is 11.8 Å². The molecule has 0 saturated carbocycles. The van der Waals surface area contributed by atoms with Gasteiger partial charge in [0.05, 0.1) is 45.9 Å². The highest BCUT2D eigenvalue weighted by molar-refractivity contribution is 5.99. The van der Waals surface area contributed by atoms with E-state index in [0.717, 1.165) is 26.2 Å². The average Bonchev–Trinajstić information content (AvgIpc) is 2.60. The summed E-state index contributed by atoms with van der Waals surface area (Å²) in [6.45, 7) is 7.42. The number of hydrogen-bond acceptors (Lipinski definition) is 4. The second-order valence-electron chi connectivity index (χ2n) is 6.82. The molecule has 0 spiro atoms. The van der Waals surface area contributed by atoms with Gasteiger partial charge in [-0.15, -0.1) is 0 Å². The number of likely N-dealkylation sites (N-methyl/N-ethyl adjacent to an activating group) is 1. The molecule has 1 aliphatic heterocycles. The van der Waals surface area contributed by atoms with E-state index in [4.69, 9.17) is 4.74 Å². The Hall–Kier alpha value is -2.12. The summed E-state index contributed by atoms with van der Waals surface area (Å²) in [5, 5.41) is 4.77. The van der Waals surface area contributed by atoms with Crippen LogP contribution in [0.3, 0.4) is 0 Å². The number of benzene rings is 1. The Morgan fingerprint density at radius 1 is 1.20 bits per heavy atom. The zero-order chi connectivity index (χ0) is 18.4. The van der Waals surface area contributed by atoms with Gasteiger partial charge in [0.2, 0.25) is 0 Å². The number of rotatable bonds is 6. The minimum absolute atomic E-state index is 0.0308. The highest BCUT2D eigenvalue weighted by Gasteiger charge is 2.28. The number of nitrogens with zero attached hydrogens (tertiary/aromatic N) is 1. The van der Waals surface area contributed by atoms with Gasteiger partial charge in [0, 0.05) is 0 Å². The normalized spacial score (nSPS) is 17.2. The molecule has 7 heteroatoms. The third-order valence-electron chi connectivity index (χ3n) is 4.47. The van der Waals surface area contributed by atoms with Crippen molar-refractivity contribution in [2.75, 3.05) is 40.3 Å². The summed E-state index contributed by atoms with van der Waals surface area (Å²) in [4.78, 5) is 26.7. The number of amides is 2. The van der Waals surface area contributed by atoms with E-state index in [1.54, 1.807) is 24.3 Å². The molecule has 0 aromatic heterocycles. The number of hydrogen-bond donors (Lipinski definition) is 3. The van der Waals surface area contributed by atoms with Gasteiger partial charge >= 0.3 is 0 Å². The summed E-state index contributed by atoms with van der Waals surface area (Å²) >= 11 is 0. The van der Waals surface area contributed by atoms with Gasteiger partial charge in [0.1, 0.15) is 11.8 Å². The van der Waals surface area contributed by atoms with Crippen molar-refractivity contribution < 1.29 is 19.2 Å². The molecule has 1 aromatic rings. The Kier molecular flexibility index (Phi) is 6.78. The first-order valence-corrected chi connectivity index (χ1v) is 8.73. The van der Waals surface area contributed by atoms with Crippen molar-refractivity contribution in [2.45, 2.75) is 19.9 Å². The van der Waals surface area contributed by atoms with Crippen LogP contribution in [0.2, 0.25) is 0 Å². The number of carbonyl (C=O) groups excluding carboxylic acids is 2. The lowest BCUT2D eigenvalue weighted by atomic mass is 10.0. The quantitative estimate of drug-likeness (QED) is 0.636. The predicted molar refractivity (Wildman–Crippen MR) is 95.4 cm³/mol. The van der Waals surface area contributed by atoms with E-state index in [-0.39, 0.29) is 17.7 Å². The first-order valence-electron chi connectivity index (χ1n) is 8.73. The van der Waals surface area contributed by atoms with Crippen LogP contribution >= 0.6 is 0 Å². The van der Waals surface area contributed by atoms with Gasteiger partial charge in [0.25, 0.3) is 11.8 Å². The van der Waals surface area contributed by atoms with Gasteiger partial charge in [-0.05, 0) is 18.1 Å². The van der Waals surface area contributed by atoms with Crippen molar-refractivity contribution in [2.24, 2.45) is 5.92 Å². The van der Waals surface area contributed by atoms with E-state index >= 15 is 0 Å². The Balaban J connectivity index is 2.02. The SMILES string of the molecule is COc1ccccc1C(=O)N[C@H](C(=O)NN1CC[NH+](C)CC1)C(C)C. The molecule has 3 N–H and O–H groups in total. The molecule has 1 aliphatic rings. The number of quaternary nitrogens is 1. The van der Waals surface area contributed by atoms with E-state index < -0.39 is 6.04 Å². The number of para-hydroxylation sites is 1. The molecule has 0 unspecified atom stereocenters. The number of carbonyl (C=O) groups is 2. The maximum atomic E-state index is 12.7. The van der Waals surface area contributed by atoms with E-state index in [9.17, 15) is 9.59 Å². The Morgan fingerprint density at radius 3 is 2.44 bits per heavy atom. The van der Waals surface area contributed by atoms with Crippen molar-refractivity contribution in [3.63, 3.8) is 0 Å². The van der Waals surface area contributed by atoms with Crippen LogP contribution in [-0.2, 0) is 4.79 Å². The lowest BCUT2D eigenvalue weighted by molar-refractivity contribution is -0.884. The van der Waals surface area contributed by atoms with Gasteiger partial charge in [-0.3, -0.25) is 15.0 Å². The largest absolute Gasteiger partial charge is 0.496 e. The molecule has 25 heavy (non-hydrogen) atoms. The fraction of sp³-hybridized carbons (Fsp3) is 0.556. The van der Waals surface area contributed by atoms with Crippen LogP contribution in [0.5, 0.6) is 5.75 Å². The molecule has 2 rings (SSSR count). The van der Waals surface area contributed by atoms with Crippen LogP contribution in [0.25, 0.3) is 0 Å². The second-order valence-corrected chi connectivity index (χ2v) is 6.82. The van der Waals surface area contributed by atoms with Crippen molar-refractivity contribution in [1.82, 2.24) is 15.8 Å². The maximum Gasteiger partial charge on any atom is 0.257 e. The van der Waals surface area contributed by atoms with Crippen molar-refractivity contribution in [3.8, 4) is 5.75 Å². The number of piperazine rings is 1. The number of ether oxygens (including phenoxy) is 1. The molecule has 138 valence electrons. The highest BCUT2D eigenvalue weighted by atomic mass is 16.5. The van der Waals surface area contributed by atoms with Gasteiger partial charge in [-0.1, -0.05) is 26.0 Å². The first kappa shape index (κ1) is 19.2. The van der Waals surface area contributed by atoms with Crippen molar-refractivity contribution in [1.29, 1.82) is 0 Å². The Bertz CT molecular complexity index is 598. The fourth-order valence-corrected chi connectivity index (χ4v) is 2.81. The van der Waals surface area contributed by atoms with E-state index in [1.165, 1.54) is 12.0 Å². The summed E-state index contributed by atoms with van der Waals surface area (Å²) < 4.78 is 5.23. The molecule has 1 fully saturated rings. The van der Waals surface area contributed by atoms with Crippen LogP contribution in [0.1, 0.15) is 24.2 Å². The standard InChI is InChI=1S/C18H28N4O3/c1-13(2)16(18(24)20-22-11-9-21(3)10-12-22)19-17(23)14-7-5-6-8-15(14)25-4/h5-8,13,16H,9-12H2,1-4H3,(H,19,23)(H,20,24)/p+1/t16-/m0/s1. The Labute approximate surface area is 149 Å². The molecule has 0 aliphatic carbocycles. The molecule has 0 radical (unpaired) electrons. The number of nitrogens with one attached hydrogen (secondary N) is 3. The van der Waals surface area contributed by atoms with Crippen LogP contribution in [0.15, 0.2) is 24.3 Å². The molecular weight excluding hydrogens is 320 g/mol.